The van der Waals surface area contributed by atoms with E-state index in [1.165, 1.54) is 0 Å². The minimum Gasteiger partial charge on any atom is -0.356 e. The van der Waals surface area contributed by atoms with Crippen LogP contribution >= 0.6 is 0 Å². The molecule has 0 aliphatic carbocycles. The topological polar surface area (TPSA) is 38.1 Å². The summed E-state index contributed by atoms with van der Waals surface area (Å²) in [5.41, 5.74) is 3.20. The fourth-order valence-corrected chi connectivity index (χ4v) is 1.78. The van der Waals surface area contributed by atoms with Crippen LogP contribution in [0.3, 0.4) is 0 Å². The van der Waals surface area contributed by atoms with Crippen LogP contribution in [0.15, 0.2) is 34.9 Å². The minimum atomic E-state index is 0.774. The molecule has 0 aliphatic heterocycles. The first-order valence-corrected chi connectivity index (χ1v) is 6.04. The Morgan fingerprint density at radius 1 is 1.24 bits per heavy atom. The molecule has 1 aromatic heterocycles. The Hall–Kier alpha value is -1.61. The van der Waals surface area contributed by atoms with Gasteiger partial charge in [-0.05, 0) is 19.9 Å². The van der Waals surface area contributed by atoms with Crippen LogP contribution in [0.25, 0.3) is 11.3 Å². The van der Waals surface area contributed by atoms with Gasteiger partial charge in [0.2, 0.25) is 0 Å². The molecule has 0 amide bonds. The van der Waals surface area contributed by atoms with Crippen LogP contribution < -0.4 is 5.32 Å². The van der Waals surface area contributed by atoms with E-state index in [1.54, 1.807) is 0 Å². The highest BCUT2D eigenvalue weighted by Gasteiger charge is 2.12. The van der Waals surface area contributed by atoms with Crippen molar-refractivity contribution in [1.82, 2.24) is 10.5 Å². The van der Waals surface area contributed by atoms with Crippen molar-refractivity contribution in [2.24, 2.45) is 0 Å². The summed E-state index contributed by atoms with van der Waals surface area (Å²) in [5.74, 6) is 0.874. The standard InChI is InChI=1S/C14H18N2O/c1-3-9-15-10-13-11(2)14(17-16-13)12-7-5-4-6-8-12/h4-8,15H,3,9-10H2,1-2H3. The number of hydrogen-bond acceptors (Lipinski definition) is 3. The van der Waals surface area contributed by atoms with Crippen molar-refractivity contribution >= 4 is 0 Å². The predicted octanol–water partition coefficient (Wildman–Crippen LogP) is 3.15. The van der Waals surface area contributed by atoms with Crippen LogP contribution in [0.2, 0.25) is 0 Å². The molecule has 0 saturated carbocycles. The summed E-state index contributed by atoms with van der Waals surface area (Å²) in [6.45, 7) is 5.99. The van der Waals surface area contributed by atoms with Gasteiger partial charge in [0.1, 0.15) is 5.69 Å². The first kappa shape index (κ1) is 11.9. The predicted molar refractivity (Wildman–Crippen MR) is 68.7 cm³/mol. The van der Waals surface area contributed by atoms with Crippen molar-refractivity contribution in [3.05, 3.63) is 41.6 Å². The molecule has 3 heteroatoms. The number of rotatable bonds is 5. The molecule has 0 fully saturated rings. The Morgan fingerprint density at radius 2 is 2.00 bits per heavy atom. The third kappa shape index (κ3) is 2.74. The van der Waals surface area contributed by atoms with Gasteiger partial charge in [-0.15, -0.1) is 0 Å². The van der Waals surface area contributed by atoms with Crippen molar-refractivity contribution in [1.29, 1.82) is 0 Å². The molecule has 3 nitrogen and oxygen atoms in total. The molecule has 17 heavy (non-hydrogen) atoms. The van der Waals surface area contributed by atoms with Crippen molar-refractivity contribution in [3.8, 4) is 11.3 Å². The minimum absolute atomic E-state index is 0.774. The molecule has 2 aromatic rings. The maximum Gasteiger partial charge on any atom is 0.170 e. The first-order chi connectivity index (χ1) is 8.33. The van der Waals surface area contributed by atoms with E-state index in [0.717, 1.165) is 42.1 Å². The highest BCUT2D eigenvalue weighted by molar-refractivity contribution is 5.61. The molecule has 1 aromatic carbocycles. The lowest BCUT2D eigenvalue weighted by molar-refractivity contribution is 0.420. The van der Waals surface area contributed by atoms with Crippen LogP contribution in [0.1, 0.15) is 24.6 Å². The second kappa shape index (κ2) is 5.64. The largest absolute Gasteiger partial charge is 0.356 e. The lowest BCUT2D eigenvalue weighted by atomic mass is 10.1. The molecule has 0 unspecified atom stereocenters. The Morgan fingerprint density at radius 3 is 2.71 bits per heavy atom. The Kier molecular flexibility index (Phi) is 3.94. The zero-order valence-corrected chi connectivity index (χ0v) is 10.4. The normalized spacial score (nSPS) is 10.7. The fraction of sp³-hybridized carbons (Fsp3) is 0.357. The smallest absolute Gasteiger partial charge is 0.170 e. The summed E-state index contributed by atoms with van der Waals surface area (Å²) >= 11 is 0. The lowest BCUT2D eigenvalue weighted by Gasteiger charge is -2.00. The molecule has 2 rings (SSSR count). The molecule has 90 valence electrons. The van der Waals surface area contributed by atoms with E-state index in [-0.39, 0.29) is 0 Å². The third-order valence-corrected chi connectivity index (χ3v) is 2.78. The van der Waals surface area contributed by atoms with E-state index >= 15 is 0 Å². The van der Waals surface area contributed by atoms with Gasteiger partial charge in [-0.1, -0.05) is 42.4 Å². The summed E-state index contributed by atoms with van der Waals surface area (Å²) in [5, 5.41) is 7.46. The Balaban J connectivity index is 2.15. The Bertz CT molecular complexity index is 462. The van der Waals surface area contributed by atoms with Gasteiger partial charge in [0.05, 0.1) is 0 Å². The van der Waals surface area contributed by atoms with Crippen LogP contribution in [-0.2, 0) is 6.54 Å². The Labute approximate surface area is 102 Å². The maximum absolute atomic E-state index is 5.42. The van der Waals surface area contributed by atoms with Gasteiger partial charge in [-0.3, -0.25) is 0 Å². The number of aromatic nitrogens is 1. The summed E-state index contributed by atoms with van der Waals surface area (Å²) in [6, 6.07) is 10.1. The molecular weight excluding hydrogens is 212 g/mol. The van der Waals surface area contributed by atoms with Gasteiger partial charge in [0.25, 0.3) is 0 Å². The lowest BCUT2D eigenvalue weighted by Crippen LogP contribution is -2.14. The molecule has 0 saturated heterocycles. The van der Waals surface area contributed by atoms with Crippen LogP contribution in [-0.4, -0.2) is 11.7 Å². The summed E-state index contributed by atoms with van der Waals surface area (Å²) in [7, 11) is 0. The van der Waals surface area contributed by atoms with Gasteiger partial charge in [0, 0.05) is 17.7 Å². The second-order valence-corrected chi connectivity index (χ2v) is 4.13. The number of hydrogen-bond donors (Lipinski definition) is 1. The molecule has 0 bridgehead atoms. The van der Waals surface area contributed by atoms with Gasteiger partial charge in [0.15, 0.2) is 5.76 Å². The number of nitrogens with zero attached hydrogens (tertiary/aromatic N) is 1. The second-order valence-electron chi connectivity index (χ2n) is 4.13. The summed E-state index contributed by atoms with van der Waals surface area (Å²) in [6.07, 6.45) is 1.13. The van der Waals surface area contributed by atoms with Gasteiger partial charge in [-0.2, -0.15) is 0 Å². The molecular formula is C14H18N2O. The average Bonchev–Trinajstić information content (AvgIpc) is 2.73. The number of benzene rings is 1. The van der Waals surface area contributed by atoms with Crippen LogP contribution in [0.4, 0.5) is 0 Å². The fourth-order valence-electron chi connectivity index (χ4n) is 1.78. The van der Waals surface area contributed by atoms with E-state index in [0.29, 0.717) is 0 Å². The van der Waals surface area contributed by atoms with E-state index in [2.05, 4.69) is 24.3 Å². The monoisotopic (exact) mass is 230 g/mol. The first-order valence-electron chi connectivity index (χ1n) is 6.04. The van der Waals surface area contributed by atoms with Crippen molar-refractivity contribution in [2.75, 3.05) is 6.54 Å². The molecule has 1 N–H and O–H groups in total. The van der Waals surface area contributed by atoms with Crippen molar-refractivity contribution < 1.29 is 4.52 Å². The van der Waals surface area contributed by atoms with E-state index in [4.69, 9.17) is 4.52 Å². The molecule has 0 spiro atoms. The summed E-state index contributed by atoms with van der Waals surface area (Å²) in [4.78, 5) is 0. The zero-order chi connectivity index (χ0) is 12.1. The molecule has 1 heterocycles. The van der Waals surface area contributed by atoms with Gasteiger partial charge in [-0.25, -0.2) is 0 Å². The van der Waals surface area contributed by atoms with E-state index in [9.17, 15) is 0 Å². The van der Waals surface area contributed by atoms with E-state index < -0.39 is 0 Å². The van der Waals surface area contributed by atoms with Crippen molar-refractivity contribution in [3.63, 3.8) is 0 Å². The molecule has 0 aliphatic rings. The van der Waals surface area contributed by atoms with Crippen LogP contribution in [0.5, 0.6) is 0 Å². The SMILES string of the molecule is CCCNCc1noc(-c2ccccc2)c1C. The highest BCUT2D eigenvalue weighted by atomic mass is 16.5. The van der Waals surface area contributed by atoms with Crippen LogP contribution in [0, 0.1) is 6.92 Å². The van der Waals surface area contributed by atoms with Gasteiger partial charge < -0.3 is 9.84 Å². The van der Waals surface area contributed by atoms with Crippen molar-refractivity contribution in [2.45, 2.75) is 26.8 Å². The quantitative estimate of drug-likeness (QED) is 0.802. The molecule has 0 atom stereocenters. The third-order valence-electron chi connectivity index (χ3n) is 2.78. The van der Waals surface area contributed by atoms with E-state index in [1.807, 2.05) is 30.3 Å². The maximum atomic E-state index is 5.42. The average molecular weight is 230 g/mol. The zero-order valence-electron chi connectivity index (χ0n) is 10.4. The highest BCUT2D eigenvalue weighted by Crippen LogP contribution is 2.25. The van der Waals surface area contributed by atoms with Gasteiger partial charge >= 0.3 is 0 Å². The number of nitrogens with one attached hydrogen (secondary N) is 1. The molecule has 0 radical (unpaired) electrons. The summed E-state index contributed by atoms with van der Waals surface area (Å²) < 4.78 is 5.42.